The molecule has 1 aliphatic heterocycles. The first kappa shape index (κ1) is 7.02. The largest absolute Gasteiger partial charge is 0.215 e. The van der Waals surface area contributed by atoms with Gasteiger partial charge in [-0.15, -0.1) is 0 Å². The second-order valence-corrected chi connectivity index (χ2v) is 4.70. The van der Waals surface area contributed by atoms with Crippen molar-refractivity contribution in [3.8, 4) is 0 Å². The second-order valence-electron chi connectivity index (χ2n) is 2.58. The third-order valence-electron chi connectivity index (χ3n) is 1.90. The summed E-state index contributed by atoms with van der Waals surface area (Å²) in [6.07, 6.45) is 0. The highest BCUT2D eigenvalue weighted by Crippen LogP contribution is 2.16. The quantitative estimate of drug-likeness (QED) is 0.524. The van der Waals surface area contributed by atoms with Crippen molar-refractivity contribution in [1.82, 2.24) is 4.72 Å². The fourth-order valence-corrected chi connectivity index (χ4v) is 2.32. The summed E-state index contributed by atoms with van der Waals surface area (Å²) in [5, 5.41) is -0.211. The molecule has 0 bridgehead atoms. The Morgan fingerprint density at radius 2 is 2.00 bits per heavy atom. The summed E-state index contributed by atoms with van der Waals surface area (Å²) in [6, 6.07) is 0. The maximum absolute atomic E-state index is 10.9. The van der Waals surface area contributed by atoms with E-state index in [2.05, 4.69) is 4.72 Å². The van der Waals surface area contributed by atoms with Crippen LogP contribution in [0, 0.1) is 5.92 Å². The molecule has 1 N–H and O–H groups in total. The zero-order valence-corrected chi connectivity index (χ0v) is 6.40. The van der Waals surface area contributed by atoms with E-state index in [1.54, 1.807) is 6.92 Å². The first-order valence-corrected chi connectivity index (χ1v) is 4.57. The van der Waals surface area contributed by atoms with Crippen LogP contribution in [0.3, 0.4) is 0 Å². The maximum atomic E-state index is 10.9. The van der Waals surface area contributed by atoms with Crippen molar-refractivity contribution in [3.05, 3.63) is 0 Å². The molecule has 0 unspecified atom stereocenters. The van der Waals surface area contributed by atoms with Gasteiger partial charge in [-0.25, -0.2) is 13.1 Å². The van der Waals surface area contributed by atoms with Crippen molar-refractivity contribution in [2.75, 3.05) is 6.54 Å². The molecular formula is C5H11NO2S. The summed E-state index contributed by atoms with van der Waals surface area (Å²) in [5.41, 5.74) is 0. The molecule has 3 nitrogen and oxygen atoms in total. The van der Waals surface area contributed by atoms with Gasteiger partial charge in [-0.1, -0.05) is 6.92 Å². The van der Waals surface area contributed by atoms with E-state index in [-0.39, 0.29) is 11.2 Å². The molecule has 1 heterocycles. The van der Waals surface area contributed by atoms with Gasteiger partial charge in [-0.2, -0.15) is 0 Å². The van der Waals surface area contributed by atoms with Crippen molar-refractivity contribution in [2.24, 2.45) is 5.92 Å². The monoisotopic (exact) mass is 149 g/mol. The molecule has 0 radical (unpaired) electrons. The number of hydrogen-bond donors (Lipinski definition) is 1. The van der Waals surface area contributed by atoms with Gasteiger partial charge in [0.25, 0.3) is 0 Å². The Bertz CT molecular complexity index is 197. The highest BCUT2D eigenvalue weighted by atomic mass is 32.2. The molecule has 54 valence electrons. The fraction of sp³-hybridized carbons (Fsp3) is 1.00. The molecule has 0 spiro atoms. The Labute approximate surface area is 55.5 Å². The number of sulfonamides is 1. The molecule has 2 atom stereocenters. The minimum absolute atomic E-state index is 0.211. The topological polar surface area (TPSA) is 46.2 Å². The number of nitrogens with one attached hydrogen (secondary N) is 1. The van der Waals surface area contributed by atoms with E-state index < -0.39 is 10.0 Å². The Kier molecular flexibility index (Phi) is 1.52. The van der Waals surface area contributed by atoms with Gasteiger partial charge in [0.1, 0.15) is 0 Å². The molecule has 4 heteroatoms. The summed E-state index contributed by atoms with van der Waals surface area (Å²) in [4.78, 5) is 0. The van der Waals surface area contributed by atoms with Crippen LogP contribution >= 0.6 is 0 Å². The lowest BCUT2D eigenvalue weighted by Crippen LogP contribution is -2.21. The molecule has 0 aromatic carbocycles. The highest BCUT2D eigenvalue weighted by molar-refractivity contribution is 7.90. The van der Waals surface area contributed by atoms with Gasteiger partial charge >= 0.3 is 0 Å². The molecule has 0 amide bonds. The smallest absolute Gasteiger partial charge is 0.214 e. The van der Waals surface area contributed by atoms with E-state index in [0.717, 1.165) is 0 Å². The minimum Gasteiger partial charge on any atom is -0.215 e. The average Bonchev–Trinajstić information content (AvgIpc) is 1.97. The molecule has 1 aliphatic rings. The first-order valence-electron chi connectivity index (χ1n) is 3.02. The van der Waals surface area contributed by atoms with Gasteiger partial charge in [0.2, 0.25) is 10.0 Å². The van der Waals surface area contributed by atoms with Crippen molar-refractivity contribution in [3.63, 3.8) is 0 Å². The molecule has 0 aromatic heterocycles. The molecule has 1 saturated heterocycles. The zero-order chi connectivity index (χ0) is 7.07. The van der Waals surface area contributed by atoms with Gasteiger partial charge < -0.3 is 0 Å². The second kappa shape index (κ2) is 1.95. The zero-order valence-electron chi connectivity index (χ0n) is 5.59. The molecule has 1 fully saturated rings. The van der Waals surface area contributed by atoms with E-state index in [4.69, 9.17) is 0 Å². The number of hydrogen-bond acceptors (Lipinski definition) is 2. The van der Waals surface area contributed by atoms with Gasteiger partial charge in [-0.05, 0) is 12.8 Å². The van der Waals surface area contributed by atoms with Crippen molar-refractivity contribution < 1.29 is 8.42 Å². The minimum atomic E-state index is -2.92. The first-order chi connectivity index (χ1) is 4.04. The Hall–Kier alpha value is -0.0900. The van der Waals surface area contributed by atoms with Crippen LogP contribution in [-0.4, -0.2) is 20.2 Å². The lowest BCUT2D eigenvalue weighted by atomic mass is 10.1. The van der Waals surface area contributed by atoms with E-state index in [0.29, 0.717) is 6.54 Å². The van der Waals surface area contributed by atoms with Crippen LogP contribution in [0.25, 0.3) is 0 Å². The predicted octanol–water partition coefficient (Wildman–Crippen LogP) is -0.0560. The summed E-state index contributed by atoms with van der Waals surface area (Å²) in [6.45, 7) is 4.27. The van der Waals surface area contributed by atoms with Gasteiger partial charge in [0.05, 0.1) is 5.25 Å². The molecule has 0 aromatic rings. The Morgan fingerprint density at radius 3 is 2.11 bits per heavy atom. The van der Waals surface area contributed by atoms with Gasteiger partial charge in [0, 0.05) is 6.54 Å². The van der Waals surface area contributed by atoms with Crippen LogP contribution in [0.5, 0.6) is 0 Å². The average molecular weight is 149 g/mol. The van der Waals surface area contributed by atoms with E-state index >= 15 is 0 Å². The van der Waals surface area contributed by atoms with Crippen molar-refractivity contribution in [1.29, 1.82) is 0 Å². The van der Waals surface area contributed by atoms with Crippen LogP contribution in [0.2, 0.25) is 0 Å². The summed E-state index contributed by atoms with van der Waals surface area (Å²) in [7, 11) is -2.92. The predicted molar refractivity (Wildman–Crippen MR) is 35.5 cm³/mol. The van der Waals surface area contributed by atoms with Crippen molar-refractivity contribution >= 4 is 10.0 Å². The Morgan fingerprint density at radius 1 is 1.44 bits per heavy atom. The lowest BCUT2D eigenvalue weighted by Gasteiger charge is -2.03. The molecule has 0 aliphatic carbocycles. The number of rotatable bonds is 0. The van der Waals surface area contributed by atoms with E-state index in [9.17, 15) is 8.42 Å². The third-order valence-corrected chi connectivity index (χ3v) is 3.91. The van der Waals surface area contributed by atoms with Crippen LogP contribution in [0.4, 0.5) is 0 Å². The summed E-state index contributed by atoms with van der Waals surface area (Å²) >= 11 is 0. The lowest BCUT2D eigenvalue weighted by molar-refractivity contribution is 0.572. The van der Waals surface area contributed by atoms with Gasteiger partial charge in [0.15, 0.2) is 0 Å². The normalized spacial score (nSPS) is 41.1. The van der Waals surface area contributed by atoms with Gasteiger partial charge in [-0.3, -0.25) is 0 Å². The molecule has 9 heavy (non-hydrogen) atoms. The van der Waals surface area contributed by atoms with Crippen LogP contribution < -0.4 is 4.72 Å². The maximum Gasteiger partial charge on any atom is 0.214 e. The van der Waals surface area contributed by atoms with Crippen LogP contribution in [-0.2, 0) is 10.0 Å². The highest BCUT2D eigenvalue weighted by Gasteiger charge is 2.32. The molecule has 1 rings (SSSR count). The van der Waals surface area contributed by atoms with Crippen LogP contribution in [0.15, 0.2) is 0 Å². The third kappa shape index (κ3) is 1.09. The van der Waals surface area contributed by atoms with E-state index in [1.165, 1.54) is 0 Å². The summed E-state index contributed by atoms with van der Waals surface area (Å²) < 4.78 is 24.2. The molecular weight excluding hydrogens is 138 g/mol. The standard InChI is InChI=1S/C5H11NO2S/c1-4-3-6-9(7,8)5(4)2/h4-6H,3H2,1-2H3/t4-,5-/m0/s1. The van der Waals surface area contributed by atoms with Crippen molar-refractivity contribution in [2.45, 2.75) is 19.1 Å². The Balaban J connectivity index is 2.87. The molecule has 0 saturated carbocycles. The fourth-order valence-electron chi connectivity index (χ4n) is 0.851. The van der Waals surface area contributed by atoms with E-state index in [1.807, 2.05) is 6.92 Å². The SMILES string of the molecule is C[C@H]1CNS(=O)(=O)[C@H]1C. The van der Waals surface area contributed by atoms with Crippen LogP contribution in [0.1, 0.15) is 13.8 Å². The summed E-state index contributed by atoms with van der Waals surface area (Å²) in [5.74, 6) is 0.259.